The number of nitrogens with zero attached hydrogens (tertiary/aromatic N) is 1. The summed E-state index contributed by atoms with van der Waals surface area (Å²) in [7, 11) is 0. The Morgan fingerprint density at radius 1 is 1.44 bits per heavy atom. The van der Waals surface area contributed by atoms with Crippen LogP contribution in [0, 0.1) is 6.92 Å². The predicted octanol–water partition coefficient (Wildman–Crippen LogP) is 2.27. The van der Waals surface area contributed by atoms with Gasteiger partial charge in [0.1, 0.15) is 5.75 Å². The second kappa shape index (κ2) is 5.75. The van der Waals surface area contributed by atoms with Crippen molar-refractivity contribution in [2.75, 3.05) is 0 Å². The summed E-state index contributed by atoms with van der Waals surface area (Å²) in [6, 6.07) is 3.06. The molecule has 0 aliphatic carbocycles. The van der Waals surface area contributed by atoms with Crippen molar-refractivity contribution in [1.29, 1.82) is 0 Å². The van der Waals surface area contributed by atoms with E-state index in [0.717, 1.165) is 12.1 Å². The minimum absolute atomic E-state index is 0.0886. The number of ether oxygens (including phenoxy) is 1. The van der Waals surface area contributed by atoms with Gasteiger partial charge in [-0.3, -0.25) is 4.98 Å². The summed E-state index contributed by atoms with van der Waals surface area (Å²) >= 11 is 0. The molecule has 0 radical (unpaired) electrons. The molecule has 0 fully saturated rings. The SMILES string of the molecule is CCC(N)Cc1nc(C)ccc1OC(F)F. The van der Waals surface area contributed by atoms with Crippen LogP contribution in [0.2, 0.25) is 0 Å². The maximum atomic E-state index is 12.1. The molecule has 0 aliphatic heterocycles. The smallest absolute Gasteiger partial charge is 0.387 e. The van der Waals surface area contributed by atoms with E-state index >= 15 is 0 Å². The van der Waals surface area contributed by atoms with E-state index in [1.807, 2.05) is 6.92 Å². The molecule has 1 aromatic heterocycles. The lowest BCUT2D eigenvalue weighted by Gasteiger charge is -2.13. The summed E-state index contributed by atoms with van der Waals surface area (Å²) in [6.45, 7) is 0.905. The Morgan fingerprint density at radius 2 is 2.12 bits per heavy atom. The van der Waals surface area contributed by atoms with Crippen LogP contribution in [-0.2, 0) is 6.42 Å². The monoisotopic (exact) mass is 230 g/mol. The molecule has 0 saturated carbocycles. The van der Waals surface area contributed by atoms with Gasteiger partial charge in [-0.2, -0.15) is 8.78 Å². The molecule has 0 bridgehead atoms. The minimum atomic E-state index is -2.83. The molecular formula is C11H16F2N2O. The number of nitrogens with two attached hydrogens (primary N) is 1. The summed E-state index contributed by atoms with van der Waals surface area (Å²) in [4.78, 5) is 4.18. The first-order chi connectivity index (χ1) is 7.52. The van der Waals surface area contributed by atoms with E-state index < -0.39 is 6.61 Å². The lowest BCUT2D eigenvalue weighted by Crippen LogP contribution is -2.23. The highest BCUT2D eigenvalue weighted by atomic mass is 19.3. The molecule has 0 saturated heterocycles. The summed E-state index contributed by atoms with van der Waals surface area (Å²) in [5.74, 6) is 0.115. The van der Waals surface area contributed by atoms with Crippen molar-refractivity contribution in [2.24, 2.45) is 5.73 Å². The molecule has 0 amide bonds. The van der Waals surface area contributed by atoms with Crippen LogP contribution >= 0.6 is 0 Å². The third kappa shape index (κ3) is 3.73. The van der Waals surface area contributed by atoms with E-state index in [-0.39, 0.29) is 11.8 Å². The molecular weight excluding hydrogens is 214 g/mol. The van der Waals surface area contributed by atoms with E-state index in [1.165, 1.54) is 6.07 Å². The molecule has 1 heterocycles. The van der Waals surface area contributed by atoms with Crippen molar-refractivity contribution in [2.45, 2.75) is 39.3 Å². The van der Waals surface area contributed by atoms with Crippen LogP contribution in [0.5, 0.6) is 5.75 Å². The molecule has 3 nitrogen and oxygen atoms in total. The highest BCUT2D eigenvalue weighted by molar-refractivity contribution is 5.30. The third-order valence-electron chi connectivity index (χ3n) is 2.27. The number of alkyl halides is 2. The van der Waals surface area contributed by atoms with Crippen LogP contribution in [0.4, 0.5) is 8.78 Å². The van der Waals surface area contributed by atoms with E-state index in [0.29, 0.717) is 12.1 Å². The first kappa shape index (κ1) is 12.8. The quantitative estimate of drug-likeness (QED) is 0.844. The van der Waals surface area contributed by atoms with Crippen LogP contribution in [-0.4, -0.2) is 17.6 Å². The lowest BCUT2D eigenvalue weighted by molar-refractivity contribution is -0.0508. The molecule has 2 N–H and O–H groups in total. The molecule has 1 atom stereocenters. The number of halogens is 2. The zero-order valence-corrected chi connectivity index (χ0v) is 9.41. The maximum Gasteiger partial charge on any atom is 0.387 e. The summed E-state index contributed by atoms with van der Waals surface area (Å²) in [5, 5.41) is 0. The fraction of sp³-hybridized carbons (Fsp3) is 0.545. The van der Waals surface area contributed by atoms with E-state index in [9.17, 15) is 8.78 Å². The van der Waals surface area contributed by atoms with Crippen molar-refractivity contribution in [1.82, 2.24) is 4.98 Å². The van der Waals surface area contributed by atoms with E-state index in [4.69, 9.17) is 5.73 Å². The number of hydrogen-bond donors (Lipinski definition) is 1. The van der Waals surface area contributed by atoms with Gasteiger partial charge in [0.05, 0.1) is 5.69 Å². The van der Waals surface area contributed by atoms with Crippen LogP contribution in [0.25, 0.3) is 0 Å². The fourth-order valence-electron chi connectivity index (χ4n) is 1.34. The molecule has 0 spiro atoms. The molecule has 1 unspecified atom stereocenters. The topological polar surface area (TPSA) is 48.1 Å². The zero-order chi connectivity index (χ0) is 12.1. The number of aryl methyl sites for hydroxylation is 1. The summed E-state index contributed by atoms with van der Waals surface area (Å²) in [6.07, 6.45) is 1.21. The zero-order valence-electron chi connectivity index (χ0n) is 9.41. The highest BCUT2D eigenvalue weighted by Gasteiger charge is 2.13. The van der Waals surface area contributed by atoms with Gasteiger partial charge in [0.15, 0.2) is 0 Å². The lowest BCUT2D eigenvalue weighted by atomic mass is 10.1. The Balaban J connectivity index is 2.89. The van der Waals surface area contributed by atoms with Crippen LogP contribution in [0.1, 0.15) is 24.7 Å². The first-order valence-electron chi connectivity index (χ1n) is 5.19. The van der Waals surface area contributed by atoms with Gasteiger partial charge >= 0.3 is 6.61 Å². The Kier molecular flexibility index (Phi) is 4.61. The van der Waals surface area contributed by atoms with Gasteiger partial charge in [0.2, 0.25) is 0 Å². The van der Waals surface area contributed by atoms with Crippen LogP contribution < -0.4 is 10.5 Å². The van der Waals surface area contributed by atoms with Gasteiger partial charge in [-0.05, 0) is 25.5 Å². The Morgan fingerprint density at radius 3 is 2.69 bits per heavy atom. The number of hydrogen-bond acceptors (Lipinski definition) is 3. The van der Waals surface area contributed by atoms with Crippen molar-refractivity contribution >= 4 is 0 Å². The second-order valence-electron chi connectivity index (χ2n) is 3.65. The molecule has 5 heteroatoms. The molecule has 90 valence electrons. The first-order valence-corrected chi connectivity index (χ1v) is 5.19. The maximum absolute atomic E-state index is 12.1. The number of rotatable bonds is 5. The largest absolute Gasteiger partial charge is 0.433 e. The summed E-state index contributed by atoms with van der Waals surface area (Å²) < 4.78 is 28.7. The van der Waals surface area contributed by atoms with Crippen molar-refractivity contribution in [3.63, 3.8) is 0 Å². The Labute approximate surface area is 93.6 Å². The molecule has 1 rings (SSSR count). The number of aromatic nitrogens is 1. The van der Waals surface area contributed by atoms with E-state index in [2.05, 4.69) is 9.72 Å². The average molecular weight is 230 g/mol. The van der Waals surface area contributed by atoms with Gasteiger partial charge < -0.3 is 10.5 Å². The van der Waals surface area contributed by atoms with Gasteiger partial charge in [-0.25, -0.2) is 0 Å². The highest BCUT2D eigenvalue weighted by Crippen LogP contribution is 2.20. The van der Waals surface area contributed by atoms with Gasteiger partial charge in [0.25, 0.3) is 0 Å². The van der Waals surface area contributed by atoms with Crippen molar-refractivity contribution in [3.05, 3.63) is 23.5 Å². The standard InChI is InChI=1S/C11H16F2N2O/c1-3-8(14)6-9-10(16-11(12)13)5-4-7(2)15-9/h4-5,8,11H,3,6,14H2,1-2H3. The van der Waals surface area contributed by atoms with Gasteiger partial charge in [0, 0.05) is 18.2 Å². The third-order valence-corrected chi connectivity index (χ3v) is 2.27. The molecule has 0 aliphatic rings. The van der Waals surface area contributed by atoms with Crippen LogP contribution in [0.3, 0.4) is 0 Å². The second-order valence-corrected chi connectivity index (χ2v) is 3.65. The summed E-state index contributed by atoms with van der Waals surface area (Å²) in [5.41, 5.74) is 7.03. The van der Waals surface area contributed by atoms with Crippen molar-refractivity contribution < 1.29 is 13.5 Å². The fourth-order valence-corrected chi connectivity index (χ4v) is 1.34. The average Bonchev–Trinajstić information content (AvgIpc) is 2.21. The number of pyridine rings is 1. The Bertz CT molecular complexity index is 345. The van der Waals surface area contributed by atoms with Crippen molar-refractivity contribution in [3.8, 4) is 5.75 Å². The minimum Gasteiger partial charge on any atom is -0.433 e. The van der Waals surface area contributed by atoms with E-state index in [1.54, 1.807) is 13.0 Å². The molecule has 1 aromatic rings. The normalized spacial score (nSPS) is 12.9. The molecule has 0 aromatic carbocycles. The van der Waals surface area contributed by atoms with Gasteiger partial charge in [-0.15, -0.1) is 0 Å². The Hall–Kier alpha value is -1.23. The van der Waals surface area contributed by atoms with Crippen LogP contribution in [0.15, 0.2) is 12.1 Å². The predicted molar refractivity (Wildman–Crippen MR) is 57.6 cm³/mol. The van der Waals surface area contributed by atoms with Gasteiger partial charge in [-0.1, -0.05) is 6.92 Å². The molecule has 16 heavy (non-hydrogen) atoms.